The number of benzene rings is 3. The molecule has 2 amide bonds. The number of ether oxygens (including phenoxy) is 26. The summed E-state index contributed by atoms with van der Waals surface area (Å²) >= 11 is 0. The van der Waals surface area contributed by atoms with Crippen LogP contribution in [0.15, 0.2) is 64.0 Å². The number of sulfonamides is 1. The molecule has 5 rings (SSSR count). The van der Waals surface area contributed by atoms with Crippen molar-refractivity contribution in [3.8, 4) is 16.9 Å². The van der Waals surface area contributed by atoms with Gasteiger partial charge in [-0.2, -0.15) is 13.1 Å². The number of hydrogen-bond donors (Lipinski definition) is 2. The first-order chi connectivity index (χ1) is 63.6. The van der Waals surface area contributed by atoms with Crippen molar-refractivity contribution in [2.24, 2.45) is 16.6 Å². The Labute approximate surface area is 762 Å². The first-order valence-corrected chi connectivity index (χ1v) is 46.0. The molecule has 2 aliphatic rings. The Morgan fingerprint density at radius 1 is 0.423 bits per heavy atom. The molecule has 0 spiro atoms. The number of carbonyl (C=O) groups excluding carboxylic acids is 3. The Morgan fingerprint density at radius 3 is 1.06 bits per heavy atom. The number of aliphatic hydroxyl groups excluding tert-OH is 1. The van der Waals surface area contributed by atoms with Crippen LogP contribution in [-0.2, 0) is 143 Å². The van der Waals surface area contributed by atoms with E-state index in [1.807, 2.05) is 37.3 Å². The van der Waals surface area contributed by atoms with Gasteiger partial charge in [-0.3, -0.25) is 14.4 Å². The van der Waals surface area contributed by atoms with Gasteiger partial charge in [0.1, 0.15) is 5.84 Å². The molecule has 2 heterocycles. The maximum Gasteiger partial charge on any atom is 0.313 e. The standard InChI is InChI=1S/C88H141F4N5O32S/c1-3-12-96(88(101)77-65-76-9-8-75(67-81(76)94-82(93)68-77)74-6-4-7-78(66-74)130(102,103)97-70-73(71-97)72-98)14-5-13-95(2)83(99)10-15-104-17-19-106-21-23-108-25-27-110-29-31-112-33-35-114-37-39-116-41-43-118-45-47-120-49-51-122-53-55-124-57-59-126-61-63-128-64-62-127-60-58-125-56-54-123-52-50-121-48-46-119-44-42-117-40-38-115-36-34-113-32-30-111-28-26-109-24-22-107-20-18-105-16-11-84(100)129-87-85(91)79(89)69-80(90)86(87)92/h4,6-9,65-67,69,73,98H,3,5,10-64,68,70-72H2,1-2H3,(H2,93,94). The van der Waals surface area contributed by atoms with Crippen LogP contribution >= 0.6 is 0 Å². The van der Waals surface area contributed by atoms with E-state index in [-0.39, 0.29) is 100 Å². The maximum atomic E-state index is 14.0. The SMILES string of the molecule is CCCN(CCCN(C)C(=O)CCOCCOCCOCCOCCOCCOCCOCCOCCOCCOCCOCCOCCOCCOCCOCCOCCOCCOCCOCCOCCOCCOCCOCCOCCOCCC(=O)Oc1c(F)c(F)cc(F)c1F)C(=O)C1=Cc2ccc(-c3cccc(S(=O)(=O)N4CC(CO)C4)c3)cc2N=C(N)C1. The van der Waals surface area contributed by atoms with Crippen LogP contribution in [0.3, 0.4) is 0 Å². The van der Waals surface area contributed by atoms with E-state index in [2.05, 4.69) is 9.73 Å². The minimum absolute atomic E-state index is 0.0146. The number of aliphatic imine (C=N–C) groups is 1. The highest BCUT2D eigenvalue weighted by molar-refractivity contribution is 7.89. The zero-order valence-electron chi connectivity index (χ0n) is 75.8. The Bertz CT molecular complexity index is 3550. The Balaban J connectivity index is 0.630. The summed E-state index contributed by atoms with van der Waals surface area (Å²) in [6.07, 6.45) is 3.12. The third kappa shape index (κ3) is 55.0. The largest absolute Gasteiger partial charge is 0.420 e. The highest BCUT2D eigenvalue weighted by Gasteiger charge is 2.36. The number of nitrogens with zero attached hydrogens (tertiary/aromatic N) is 4. The average Bonchev–Trinajstić information content (AvgIpc) is 0.809. The van der Waals surface area contributed by atoms with Crippen molar-refractivity contribution in [3.63, 3.8) is 0 Å². The minimum atomic E-state index is -3.71. The molecule has 130 heavy (non-hydrogen) atoms. The number of nitrogens with two attached hydrogens (primary N) is 1. The van der Waals surface area contributed by atoms with Gasteiger partial charge in [-0.15, -0.1) is 0 Å². The van der Waals surface area contributed by atoms with E-state index in [0.29, 0.717) is 340 Å². The van der Waals surface area contributed by atoms with Crippen molar-refractivity contribution in [1.82, 2.24) is 14.1 Å². The normalized spacial score (nSPS) is 13.1. The summed E-state index contributed by atoms with van der Waals surface area (Å²) in [6.45, 7) is 24.1. The van der Waals surface area contributed by atoms with Gasteiger partial charge < -0.3 is 144 Å². The molecule has 3 N–H and O–H groups in total. The highest BCUT2D eigenvalue weighted by atomic mass is 32.2. The third-order valence-electron chi connectivity index (χ3n) is 18.5. The molecule has 0 aliphatic carbocycles. The number of hydrogen-bond acceptors (Lipinski definition) is 34. The van der Waals surface area contributed by atoms with Crippen LogP contribution in [0.4, 0.5) is 23.2 Å². The summed E-state index contributed by atoms with van der Waals surface area (Å²) in [4.78, 5) is 46.9. The number of fused-ring (bicyclic) bond motifs is 1. The lowest BCUT2D eigenvalue weighted by molar-refractivity contribution is -0.136. The summed E-state index contributed by atoms with van der Waals surface area (Å²) < 4.78 is 224. The first kappa shape index (κ1) is 114. The van der Waals surface area contributed by atoms with Crippen molar-refractivity contribution in [2.75, 3.05) is 377 Å². The lowest BCUT2D eigenvalue weighted by atomic mass is 10.0. The quantitative estimate of drug-likeness (QED) is 0.0241. The van der Waals surface area contributed by atoms with Crippen molar-refractivity contribution in [3.05, 3.63) is 82.9 Å². The van der Waals surface area contributed by atoms with E-state index in [1.54, 1.807) is 35.0 Å². The Hall–Kier alpha value is -6.13. The summed E-state index contributed by atoms with van der Waals surface area (Å²) in [5.74, 6) is -9.51. The molecule has 37 nitrogen and oxygen atoms in total. The number of amidine groups is 1. The second kappa shape index (κ2) is 77.1. The smallest absolute Gasteiger partial charge is 0.313 e. The fourth-order valence-corrected chi connectivity index (χ4v) is 13.3. The van der Waals surface area contributed by atoms with Gasteiger partial charge in [-0.05, 0) is 48.2 Å². The number of rotatable bonds is 90. The van der Waals surface area contributed by atoms with Crippen molar-refractivity contribution >= 4 is 45.4 Å². The minimum Gasteiger partial charge on any atom is -0.420 e. The molecule has 0 saturated carbocycles. The van der Waals surface area contributed by atoms with Crippen LogP contribution in [0.1, 0.15) is 44.6 Å². The molecule has 1 fully saturated rings. The van der Waals surface area contributed by atoms with Gasteiger partial charge in [-0.1, -0.05) is 31.2 Å². The number of halogens is 4. The van der Waals surface area contributed by atoms with Gasteiger partial charge >= 0.3 is 5.97 Å². The number of amides is 2. The topological polar surface area (TPSA) is 394 Å². The molecule has 1 saturated heterocycles. The molecule has 2 aliphatic heterocycles. The predicted octanol–water partition coefficient (Wildman–Crippen LogP) is 5.19. The molecule has 744 valence electrons. The Kier molecular flexibility index (Phi) is 67.8. The van der Waals surface area contributed by atoms with Gasteiger partial charge in [0.2, 0.25) is 39.2 Å². The van der Waals surface area contributed by atoms with E-state index >= 15 is 0 Å². The average molecular weight is 1890 g/mol. The van der Waals surface area contributed by atoms with E-state index in [1.165, 1.54) is 4.31 Å². The maximum absolute atomic E-state index is 14.0. The number of esters is 1. The second-order valence-electron chi connectivity index (χ2n) is 28.7. The number of aliphatic hydroxyl groups is 1. The Morgan fingerprint density at radius 2 is 0.738 bits per heavy atom. The molecule has 3 aromatic carbocycles. The van der Waals surface area contributed by atoms with Crippen LogP contribution in [0.2, 0.25) is 0 Å². The van der Waals surface area contributed by atoms with E-state index < -0.39 is 51.4 Å². The van der Waals surface area contributed by atoms with E-state index in [4.69, 9.17) is 124 Å². The van der Waals surface area contributed by atoms with Crippen LogP contribution in [0.5, 0.6) is 5.75 Å². The van der Waals surface area contributed by atoms with Crippen molar-refractivity contribution < 1.29 is 169 Å². The number of carbonyl (C=O) groups is 3. The molecular formula is C88H141F4N5O32S. The van der Waals surface area contributed by atoms with Crippen LogP contribution < -0.4 is 10.5 Å². The fraction of sp³-hybridized carbons (Fsp3) is 0.727. The van der Waals surface area contributed by atoms with E-state index in [0.717, 1.165) is 17.5 Å². The highest BCUT2D eigenvalue weighted by Crippen LogP contribution is 2.35. The van der Waals surface area contributed by atoms with Gasteiger partial charge in [-0.25, -0.2) is 22.2 Å². The van der Waals surface area contributed by atoms with Gasteiger partial charge in [0.05, 0.1) is 354 Å². The molecule has 42 heteroatoms. The van der Waals surface area contributed by atoms with Crippen LogP contribution in [-0.4, -0.2) is 428 Å². The molecule has 0 unspecified atom stereocenters. The summed E-state index contributed by atoms with van der Waals surface area (Å²) in [5.41, 5.74) is 9.63. The van der Waals surface area contributed by atoms with Crippen molar-refractivity contribution in [2.45, 2.75) is 43.9 Å². The van der Waals surface area contributed by atoms with Crippen molar-refractivity contribution in [1.29, 1.82) is 0 Å². The van der Waals surface area contributed by atoms with Gasteiger partial charge in [0.15, 0.2) is 11.6 Å². The molecule has 0 bridgehead atoms. The summed E-state index contributed by atoms with van der Waals surface area (Å²) in [5, 5.41) is 9.39. The van der Waals surface area contributed by atoms with Crippen LogP contribution in [0.25, 0.3) is 17.2 Å². The lowest BCUT2D eigenvalue weighted by Crippen LogP contribution is -2.51. The first-order valence-electron chi connectivity index (χ1n) is 44.5. The predicted molar refractivity (Wildman–Crippen MR) is 466 cm³/mol. The molecule has 3 aromatic rings. The molecular weight excluding hydrogens is 1750 g/mol. The zero-order valence-corrected chi connectivity index (χ0v) is 76.6. The monoisotopic (exact) mass is 1890 g/mol. The van der Waals surface area contributed by atoms with Gasteiger partial charge in [0, 0.05) is 75.9 Å². The van der Waals surface area contributed by atoms with E-state index in [9.17, 15) is 45.5 Å². The zero-order chi connectivity index (χ0) is 93.1. The third-order valence-corrected chi connectivity index (χ3v) is 20.3. The molecule has 0 aromatic heterocycles. The molecule has 0 radical (unpaired) electrons. The lowest BCUT2D eigenvalue weighted by Gasteiger charge is -2.36. The van der Waals surface area contributed by atoms with Gasteiger partial charge in [0.25, 0.3) is 0 Å². The second-order valence-corrected chi connectivity index (χ2v) is 30.6. The fourth-order valence-electron chi connectivity index (χ4n) is 11.6. The molecule has 0 atom stereocenters. The summed E-state index contributed by atoms with van der Waals surface area (Å²) in [7, 11) is -1.96. The summed E-state index contributed by atoms with van der Waals surface area (Å²) in [6, 6.07) is 12.3. The van der Waals surface area contributed by atoms with Crippen LogP contribution in [0, 0.1) is 29.2 Å².